The van der Waals surface area contributed by atoms with Gasteiger partial charge < -0.3 is 29.4 Å². The lowest BCUT2D eigenvalue weighted by molar-refractivity contribution is -0.137. The first-order valence-electron chi connectivity index (χ1n) is 9.83. The first kappa shape index (κ1) is 22.7. The number of Topliss-reactive ketones (excluding diaryl/α,β-unsaturated/α-hetero) is 1. The summed E-state index contributed by atoms with van der Waals surface area (Å²) in [6.07, 6.45) is 1.90. The van der Waals surface area contributed by atoms with Crippen molar-refractivity contribution < 1.29 is 38.4 Å². The van der Waals surface area contributed by atoms with Gasteiger partial charge in [0.2, 0.25) is 5.78 Å². The van der Waals surface area contributed by atoms with Crippen molar-refractivity contribution in [2.45, 2.75) is 12.8 Å². The van der Waals surface area contributed by atoms with E-state index >= 15 is 0 Å². The zero-order chi connectivity index (χ0) is 23.1. The molecule has 32 heavy (non-hydrogen) atoms. The summed E-state index contributed by atoms with van der Waals surface area (Å²) >= 11 is 0. The number of rotatable bonds is 10. The zero-order valence-corrected chi connectivity index (χ0v) is 17.7. The van der Waals surface area contributed by atoms with E-state index in [0.717, 1.165) is 0 Å². The molecule has 9 nitrogen and oxygen atoms in total. The first-order chi connectivity index (χ1) is 15.4. The summed E-state index contributed by atoms with van der Waals surface area (Å²) in [5.41, 5.74) is 1.00. The van der Waals surface area contributed by atoms with E-state index < -0.39 is 5.97 Å². The van der Waals surface area contributed by atoms with Crippen LogP contribution in [0.25, 0.3) is 6.08 Å². The summed E-state index contributed by atoms with van der Waals surface area (Å²) < 4.78 is 21.7. The van der Waals surface area contributed by atoms with Gasteiger partial charge in [0.15, 0.2) is 12.4 Å². The number of carboxylic acids is 1. The van der Waals surface area contributed by atoms with Gasteiger partial charge in [-0.25, -0.2) is 0 Å². The smallest absolute Gasteiger partial charge is 0.303 e. The fourth-order valence-corrected chi connectivity index (χ4v) is 3.02. The molecule has 0 fully saturated rings. The average Bonchev–Trinajstić information content (AvgIpc) is 3.09. The van der Waals surface area contributed by atoms with Crippen LogP contribution in [0, 0.1) is 0 Å². The molecule has 0 saturated carbocycles. The molecular formula is C23H23NO8. The monoisotopic (exact) mass is 441 g/mol. The molecule has 0 radical (unpaired) electrons. The molecular weight excluding hydrogens is 418 g/mol. The van der Waals surface area contributed by atoms with Crippen molar-refractivity contribution in [3.63, 3.8) is 0 Å². The normalized spacial score (nSPS) is 13.3. The second-order valence-electron chi connectivity index (χ2n) is 6.84. The molecule has 0 aliphatic carbocycles. The molecule has 2 aromatic rings. The molecule has 0 bridgehead atoms. The number of benzene rings is 2. The van der Waals surface area contributed by atoms with Crippen LogP contribution in [0.5, 0.6) is 23.0 Å². The van der Waals surface area contributed by atoms with Gasteiger partial charge in [-0.1, -0.05) is 0 Å². The van der Waals surface area contributed by atoms with Gasteiger partial charge in [-0.05, 0) is 42.8 Å². The number of allylic oxidation sites excluding steroid dienone is 1. The van der Waals surface area contributed by atoms with E-state index in [4.69, 9.17) is 24.1 Å². The van der Waals surface area contributed by atoms with Gasteiger partial charge in [0, 0.05) is 24.6 Å². The number of methoxy groups -OCH3 is 2. The van der Waals surface area contributed by atoms with Crippen LogP contribution in [0.2, 0.25) is 0 Å². The van der Waals surface area contributed by atoms with E-state index in [1.807, 2.05) is 0 Å². The Labute approximate surface area is 184 Å². The fraction of sp³-hybridized carbons (Fsp3) is 0.261. The first-order valence-corrected chi connectivity index (χ1v) is 9.83. The lowest BCUT2D eigenvalue weighted by Crippen LogP contribution is -2.29. The second-order valence-corrected chi connectivity index (χ2v) is 6.84. The largest absolute Gasteiger partial charge is 0.497 e. The molecule has 2 N–H and O–H groups in total. The Balaban J connectivity index is 1.65. The number of carbonyl (C=O) groups excluding carboxylic acids is 2. The maximum Gasteiger partial charge on any atom is 0.303 e. The number of ketones is 1. The highest BCUT2D eigenvalue weighted by Crippen LogP contribution is 2.36. The van der Waals surface area contributed by atoms with E-state index in [2.05, 4.69) is 5.32 Å². The van der Waals surface area contributed by atoms with Crippen molar-refractivity contribution >= 4 is 23.7 Å². The van der Waals surface area contributed by atoms with Crippen molar-refractivity contribution in [2.75, 3.05) is 27.4 Å². The van der Waals surface area contributed by atoms with Crippen molar-refractivity contribution in [3.05, 3.63) is 53.3 Å². The van der Waals surface area contributed by atoms with Crippen LogP contribution < -0.4 is 24.3 Å². The Morgan fingerprint density at radius 2 is 1.88 bits per heavy atom. The average molecular weight is 441 g/mol. The summed E-state index contributed by atoms with van der Waals surface area (Å²) in [4.78, 5) is 35.0. The Morgan fingerprint density at radius 1 is 1.09 bits per heavy atom. The number of amides is 1. The number of aliphatic carboxylic acids is 1. The van der Waals surface area contributed by atoms with Gasteiger partial charge >= 0.3 is 5.97 Å². The molecule has 1 amide bonds. The van der Waals surface area contributed by atoms with E-state index in [1.165, 1.54) is 13.2 Å². The summed E-state index contributed by atoms with van der Waals surface area (Å²) in [7, 11) is 3.07. The van der Waals surface area contributed by atoms with Gasteiger partial charge in [-0.15, -0.1) is 0 Å². The van der Waals surface area contributed by atoms with Crippen LogP contribution in [0.4, 0.5) is 0 Å². The molecule has 1 aliphatic rings. The third-order valence-electron chi connectivity index (χ3n) is 4.62. The number of ether oxygens (including phenoxy) is 4. The Hall–Kier alpha value is -4.01. The molecule has 168 valence electrons. The summed E-state index contributed by atoms with van der Waals surface area (Å²) in [6.45, 7) is 0.00168. The lowest BCUT2D eigenvalue weighted by Gasteiger charge is -2.08. The molecule has 0 saturated heterocycles. The van der Waals surface area contributed by atoms with Crippen molar-refractivity contribution in [2.24, 2.45) is 0 Å². The Kier molecular flexibility index (Phi) is 7.33. The highest BCUT2D eigenvalue weighted by atomic mass is 16.5. The molecule has 0 spiro atoms. The number of hydrogen-bond acceptors (Lipinski definition) is 7. The third-order valence-corrected chi connectivity index (χ3v) is 4.62. The van der Waals surface area contributed by atoms with E-state index in [9.17, 15) is 14.4 Å². The minimum absolute atomic E-state index is 0.0190. The van der Waals surface area contributed by atoms with Crippen molar-refractivity contribution in [1.82, 2.24) is 5.32 Å². The van der Waals surface area contributed by atoms with Gasteiger partial charge in [-0.2, -0.15) is 0 Å². The van der Waals surface area contributed by atoms with Crippen LogP contribution in [0.1, 0.15) is 28.8 Å². The highest BCUT2D eigenvalue weighted by Gasteiger charge is 2.28. The van der Waals surface area contributed by atoms with Gasteiger partial charge in [0.1, 0.15) is 23.0 Å². The Morgan fingerprint density at radius 3 is 2.59 bits per heavy atom. The van der Waals surface area contributed by atoms with Crippen LogP contribution in [-0.4, -0.2) is 50.1 Å². The van der Waals surface area contributed by atoms with Crippen molar-refractivity contribution in [3.8, 4) is 23.0 Å². The van der Waals surface area contributed by atoms with Crippen LogP contribution >= 0.6 is 0 Å². The maximum atomic E-state index is 12.7. The number of fused-ring (bicyclic) bond motifs is 1. The maximum absolute atomic E-state index is 12.7. The third kappa shape index (κ3) is 5.57. The molecule has 0 aromatic heterocycles. The van der Waals surface area contributed by atoms with Gasteiger partial charge in [0.05, 0.1) is 19.8 Å². The predicted octanol–water partition coefficient (Wildman–Crippen LogP) is 2.68. The molecule has 2 aromatic carbocycles. The molecule has 9 heteroatoms. The van der Waals surface area contributed by atoms with E-state index in [-0.39, 0.29) is 37.0 Å². The van der Waals surface area contributed by atoms with E-state index in [1.54, 1.807) is 43.5 Å². The molecule has 1 aliphatic heterocycles. The van der Waals surface area contributed by atoms with Gasteiger partial charge in [0.25, 0.3) is 5.91 Å². The minimum atomic E-state index is -0.915. The number of carboxylic acid groups (broad SMARTS) is 1. The van der Waals surface area contributed by atoms with Crippen LogP contribution in [-0.2, 0) is 9.59 Å². The second kappa shape index (κ2) is 10.3. The summed E-state index contributed by atoms with van der Waals surface area (Å²) in [5, 5.41) is 11.2. The van der Waals surface area contributed by atoms with Crippen LogP contribution in [0.3, 0.4) is 0 Å². The topological polar surface area (TPSA) is 120 Å². The van der Waals surface area contributed by atoms with Crippen molar-refractivity contribution in [1.29, 1.82) is 0 Å². The molecule has 1 heterocycles. The number of carbonyl (C=O) groups is 3. The lowest BCUT2D eigenvalue weighted by atomic mass is 10.1. The minimum Gasteiger partial charge on any atom is -0.497 e. The summed E-state index contributed by atoms with van der Waals surface area (Å²) in [6, 6.07) is 9.90. The number of hydrogen-bond donors (Lipinski definition) is 2. The highest BCUT2D eigenvalue weighted by molar-refractivity contribution is 6.14. The zero-order valence-electron chi connectivity index (χ0n) is 17.7. The quantitative estimate of drug-likeness (QED) is 0.427. The summed E-state index contributed by atoms with van der Waals surface area (Å²) in [5.74, 6) is 0.397. The Bertz CT molecular complexity index is 1060. The standard InChI is InChI=1S/C23H23NO8/c1-29-15-6-8-18(30-2)14(10-15)11-20-23(28)17-7-5-16(12-19(17)32-20)31-13-21(25)24-9-3-4-22(26)27/h5-8,10-12H,3-4,9,13H2,1-2H3,(H,24,25)(H,26,27). The fourth-order valence-electron chi connectivity index (χ4n) is 3.02. The SMILES string of the molecule is COc1ccc(OC)c(C=C2Oc3cc(OCC(=O)NCCCC(=O)O)ccc3C2=O)c1. The molecule has 0 unspecified atom stereocenters. The predicted molar refractivity (Wildman–Crippen MR) is 114 cm³/mol. The van der Waals surface area contributed by atoms with Gasteiger partial charge in [-0.3, -0.25) is 14.4 Å². The number of nitrogens with one attached hydrogen (secondary N) is 1. The van der Waals surface area contributed by atoms with Crippen LogP contribution in [0.15, 0.2) is 42.2 Å². The molecule has 0 atom stereocenters. The van der Waals surface area contributed by atoms with E-state index in [0.29, 0.717) is 40.5 Å². The molecule has 3 rings (SSSR count).